The van der Waals surface area contributed by atoms with Crippen LogP contribution in [0.15, 0.2) is 16.8 Å². The van der Waals surface area contributed by atoms with Crippen molar-refractivity contribution in [2.75, 3.05) is 6.54 Å². The molecule has 0 saturated heterocycles. The number of hydrogen-bond acceptors (Lipinski definition) is 2. The van der Waals surface area contributed by atoms with Crippen LogP contribution >= 0.6 is 11.3 Å². The van der Waals surface area contributed by atoms with Gasteiger partial charge in [0.05, 0.1) is 0 Å². The average Bonchev–Trinajstić information content (AvgIpc) is 2.97. The van der Waals surface area contributed by atoms with Gasteiger partial charge in [-0.15, -0.1) is 0 Å². The zero-order chi connectivity index (χ0) is 11.4. The van der Waals surface area contributed by atoms with Gasteiger partial charge < -0.3 is 5.32 Å². The minimum absolute atomic E-state index is 0.604. The van der Waals surface area contributed by atoms with Crippen molar-refractivity contribution < 1.29 is 0 Å². The van der Waals surface area contributed by atoms with E-state index >= 15 is 0 Å². The summed E-state index contributed by atoms with van der Waals surface area (Å²) in [5.41, 5.74) is 1.51. The van der Waals surface area contributed by atoms with E-state index in [1.807, 2.05) is 11.3 Å². The third-order valence-corrected chi connectivity index (χ3v) is 4.66. The highest BCUT2D eigenvalue weighted by Crippen LogP contribution is 2.40. The maximum atomic E-state index is 3.68. The minimum Gasteiger partial charge on any atom is -0.310 e. The van der Waals surface area contributed by atoms with Crippen molar-refractivity contribution in [3.63, 3.8) is 0 Å². The van der Waals surface area contributed by atoms with Gasteiger partial charge in [0, 0.05) is 6.04 Å². The van der Waals surface area contributed by atoms with Gasteiger partial charge in [0.25, 0.3) is 0 Å². The highest BCUT2D eigenvalue weighted by Gasteiger charge is 2.30. The van der Waals surface area contributed by atoms with Gasteiger partial charge >= 0.3 is 0 Å². The standard InChI is InChI=1S/C14H23NS/c1-3-11-5-6-12(9-11)14(15-4-2)13-7-8-16-10-13/h7-8,10-12,14-15H,3-6,9H2,1-2H3. The number of hydrogen-bond donors (Lipinski definition) is 1. The molecule has 0 amide bonds. The summed E-state index contributed by atoms with van der Waals surface area (Å²) in [7, 11) is 0. The fourth-order valence-electron chi connectivity index (χ4n) is 3.02. The molecule has 1 fully saturated rings. The van der Waals surface area contributed by atoms with E-state index in [9.17, 15) is 0 Å². The Morgan fingerprint density at radius 2 is 2.31 bits per heavy atom. The predicted molar refractivity (Wildman–Crippen MR) is 71.9 cm³/mol. The molecule has 2 heteroatoms. The van der Waals surface area contributed by atoms with Crippen LogP contribution in [-0.4, -0.2) is 6.54 Å². The molecule has 0 aliphatic heterocycles. The topological polar surface area (TPSA) is 12.0 Å². The Hall–Kier alpha value is -0.340. The fourth-order valence-corrected chi connectivity index (χ4v) is 3.71. The zero-order valence-electron chi connectivity index (χ0n) is 10.4. The molecule has 0 bridgehead atoms. The lowest BCUT2D eigenvalue weighted by molar-refractivity contribution is 0.360. The molecule has 1 nitrogen and oxygen atoms in total. The minimum atomic E-state index is 0.604. The monoisotopic (exact) mass is 237 g/mol. The smallest absolute Gasteiger partial charge is 0.0356 e. The van der Waals surface area contributed by atoms with E-state index < -0.39 is 0 Å². The molecule has 3 atom stereocenters. The third-order valence-electron chi connectivity index (χ3n) is 3.96. The average molecular weight is 237 g/mol. The van der Waals surface area contributed by atoms with Gasteiger partial charge in [-0.2, -0.15) is 11.3 Å². The predicted octanol–water partition coefficient (Wildman–Crippen LogP) is 4.23. The Morgan fingerprint density at radius 3 is 2.88 bits per heavy atom. The van der Waals surface area contributed by atoms with Crippen molar-refractivity contribution >= 4 is 11.3 Å². The lowest BCUT2D eigenvalue weighted by Gasteiger charge is -2.24. The fraction of sp³-hybridized carbons (Fsp3) is 0.714. The third kappa shape index (κ3) is 2.67. The summed E-state index contributed by atoms with van der Waals surface area (Å²) < 4.78 is 0. The van der Waals surface area contributed by atoms with E-state index in [-0.39, 0.29) is 0 Å². The van der Waals surface area contributed by atoms with Crippen molar-refractivity contribution in [1.29, 1.82) is 0 Å². The summed E-state index contributed by atoms with van der Waals surface area (Å²) in [5.74, 6) is 1.84. The molecule has 90 valence electrons. The van der Waals surface area contributed by atoms with Crippen molar-refractivity contribution in [2.24, 2.45) is 11.8 Å². The maximum Gasteiger partial charge on any atom is 0.0356 e. The molecule has 1 aliphatic carbocycles. The lowest BCUT2D eigenvalue weighted by atomic mass is 9.92. The Bertz CT molecular complexity index is 294. The van der Waals surface area contributed by atoms with Crippen LogP contribution in [-0.2, 0) is 0 Å². The summed E-state index contributed by atoms with van der Waals surface area (Å²) >= 11 is 1.82. The summed E-state index contributed by atoms with van der Waals surface area (Å²) in [6, 6.07) is 2.89. The summed E-state index contributed by atoms with van der Waals surface area (Å²) in [6.45, 7) is 5.62. The molecule has 0 aromatic carbocycles. The molecule has 3 unspecified atom stereocenters. The molecule has 2 rings (SSSR count). The molecule has 0 spiro atoms. The van der Waals surface area contributed by atoms with Crippen LogP contribution in [0.1, 0.15) is 51.1 Å². The highest BCUT2D eigenvalue weighted by molar-refractivity contribution is 7.07. The number of nitrogens with one attached hydrogen (secondary N) is 1. The molecule has 1 aromatic heterocycles. The molecule has 1 aliphatic rings. The SMILES string of the molecule is CCNC(c1ccsc1)C1CCC(CC)C1. The van der Waals surface area contributed by atoms with Crippen molar-refractivity contribution in [1.82, 2.24) is 5.32 Å². The van der Waals surface area contributed by atoms with Crippen molar-refractivity contribution in [3.05, 3.63) is 22.4 Å². The molecular weight excluding hydrogens is 214 g/mol. The Kier molecular flexibility index (Phi) is 4.42. The van der Waals surface area contributed by atoms with Gasteiger partial charge in [0.15, 0.2) is 0 Å². The maximum absolute atomic E-state index is 3.68. The molecular formula is C14H23NS. The molecule has 1 heterocycles. The second-order valence-corrected chi connectivity index (χ2v) is 5.72. The van der Waals surface area contributed by atoms with Gasteiger partial charge in [-0.1, -0.05) is 26.7 Å². The first-order valence-electron chi connectivity index (χ1n) is 6.60. The van der Waals surface area contributed by atoms with Crippen LogP contribution in [0.4, 0.5) is 0 Å². The van der Waals surface area contributed by atoms with E-state index in [2.05, 4.69) is 36.0 Å². The quantitative estimate of drug-likeness (QED) is 0.808. The normalized spacial score (nSPS) is 27.1. The highest BCUT2D eigenvalue weighted by atomic mass is 32.1. The van der Waals surface area contributed by atoms with Crippen molar-refractivity contribution in [2.45, 2.75) is 45.6 Å². The summed E-state index contributed by atoms with van der Waals surface area (Å²) in [6.07, 6.45) is 5.63. The van der Waals surface area contributed by atoms with Crippen LogP contribution in [0.3, 0.4) is 0 Å². The van der Waals surface area contributed by atoms with Crippen LogP contribution < -0.4 is 5.32 Å². The van der Waals surface area contributed by atoms with Crippen molar-refractivity contribution in [3.8, 4) is 0 Å². The second-order valence-electron chi connectivity index (χ2n) is 4.94. The van der Waals surface area contributed by atoms with E-state index in [0.29, 0.717) is 6.04 Å². The zero-order valence-corrected chi connectivity index (χ0v) is 11.2. The van der Waals surface area contributed by atoms with Gasteiger partial charge in [-0.05, 0) is 53.6 Å². The first-order chi connectivity index (χ1) is 7.85. The molecule has 0 radical (unpaired) electrons. The molecule has 16 heavy (non-hydrogen) atoms. The van der Waals surface area contributed by atoms with Crippen LogP contribution in [0.5, 0.6) is 0 Å². The van der Waals surface area contributed by atoms with Gasteiger partial charge in [0.1, 0.15) is 0 Å². The van der Waals surface area contributed by atoms with E-state index in [1.54, 1.807) is 0 Å². The van der Waals surface area contributed by atoms with Gasteiger partial charge in [0.2, 0.25) is 0 Å². The second kappa shape index (κ2) is 5.83. The van der Waals surface area contributed by atoms with Gasteiger partial charge in [-0.3, -0.25) is 0 Å². The van der Waals surface area contributed by atoms with E-state index in [0.717, 1.165) is 18.4 Å². The van der Waals surface area contributed by atoms with Crippen LogP contribution in [0.2, 0.25) is 0 Å². The summed E-state index contributed by atoms with van der Waals surface area (Å²) in [5, 5.41) is 8.19. The molecule has 1 N–H and O–H groups in total. The van der Waals surface area contributed by atoms with Crippen LogP contribution in [0, 0.1) is 11.8 Å². The largest absolute Gasteiger partial charge is 0.310 e. The lowest BCUT2D eigenvalue weighted by Crippen LogP contribution is -2.26. The Balaban J connectivity index is 2.03. The first-order valence-corrected chi connectivity index (χ1v) is 7.54. The first kappa shape index (κ1) is 12.1. The van der Waals surface area contributed by atoms with Crippen LogP contribution in [0.25, 0.3) is 0 Å². The van der Waals surface area contributed by atoms with E-state index in [1.165, 1.54) is 31.2 Å². The Labute approximate surface area is 103 Å². The van der Waals surface area contributed by atoms with E-state index in [4.69, 9.17) is 0 Å². The summed E-state index contributed by atoms with van der Waals surface area (Å²) in [4.78, 5) is 0. The Morgan fingerprint density at radius 1 is 1.44 bits per heavy atom. The molecule has 1 aromatic rings. The number of rotatable bonds is 5. The molecule has 1 saturated carbocycles. The van der Waals surface area contributed by atoms with Gasteiger partial charge in [-0.25, -0.2) is 0 Å². The number of thiophene rings is 1.